The molecule has 0 radical (unpaired) electrons. The van der Waals surface area contributed by atoms with Crippen LogP contribution in [-0.4, -0.2) is 24.6 Å². The SMILES string of the molecule is Cc1ccc(C=CC(=O)O[C@H]2C(=O)OCC2(C)C)o1. The lowest BCUT2D eigenvalue weighted by atomic mass is 9.90. The molecule has 1 aliphatic rings. The molecule has 0 amide bonds. The molecule has 1 atom stereocenters. The topological polar surface area (TPSA) is 65.7 Å². The molecule has 1 fully saturated rings. The van der Waals surface area contributed by atoms with Gasteiger partial charge in [0, 0.05) is 11.5 Å². The number of ether oxygens (including phenoxy) is 2. The van der Waals surface area contributed by atoms with Gasteiger partial charge in [0.15, 0.2) is 0 Å². The summed E-state index contributed by atoms with van der Waals surface area (Å²) in [5, 5.41) is 0. The maximum Gasteiger partial charge on any atom is 0.348 e. The Kier molecular flexibility index (Phi) is 3.46. The van der Waals surface area contributed by atoms with Crippen LogP contribution in [-0.2, 0) is 19.1 Å². The minimum atomic E-state index is -0.858. The molecule has 1 aliphatic heterocycles. The number of cyclic esters (lactones) is 1. The Morgan fingerprint density at radius 3 is 2.74 bits per heavy atom. The number of carbonyl (C=O) groups is 2. The quantitative estimate of drug-likeness (QED) is 0.618. The molecule has 1 aromatic rings. The predicted octanol–water partition coefficient (Wildman–Crippen LogP) is 2.10. The summed E-state index contributed by atoms with van der Waals surface area (Å²) >= 11 is 0. The van der Waals surface area contributed by atoms with Crippen LogP contribution in [0.3, 0.4) is 0 Å². The highest BCUT2D eigenvalue weighted by molar-refractivity contribution is 5.89. The average Bonchev–Trinajstić information content (AvgIpc) is 2.85. The molecule has 0 bridgehead atoms. The summed E-state index contributed by atoms with van der Waals surface area (Å²) in [6, 6.07) is 3.54. The van der Waals surface area contributed by atoms with Gasteiger partial charge in [-0.1, -0.05) is 13.8 Å². The normalized spacial score (nSPS) is 21.6. The first-order valence-electron chi connectivity index (χ1n) is 6.00. The Morgan fingerprint density at radius 2 is 2.21 bits per heavy atom. The molecular formula is C14H16O5. The second-order valence-corrected chi connectivity index (χ2v) is 5.19. The number of aryl methyl sites for hydroxylation is 1. The summed E-state index contributed by atoms with van der Waals surface area (Å²) in [5.41, 5.74) is -0.498. The van der Waals surface area contributed by atoms with E-state index in [1.807, 2.05) is 20.8 Å². The largest absolute Gasteiger partial charge is 0.462 e. The Labute approximate surface area is 111 Å². The van der Waals surface area contributed by atoms with Crippen molar-refractivity contribution >= 4 is 18.0 Å². The van der Waals surface area contributed by atoms with Gasteiger partial charge in [-0.25, -0.2) is 9.59 Å². The van der Waals surface area contributed by atoms with Crippen molar-refractivity contribution in [1.82, 2.24) is 0 Å². The third-order valence-electron chi connectivity index (χ3n) is 2.89. The monoisotopic (exact) mass is 264 g/mol. The zero-order chi connectivity index (χ0) is 14.0. The van der Waals surface area contributed by atoms with Crippen molar-refractivity contribution in [3.63, 3.8) is 0 Å². The Bertz CT molecular complexity index is 524. The lowest BCUT2D eigenvalue weighted by molar-refractivity contribution is -0.159. The number of esters is 2. The van der Waals surface area contributed by atoms with Gasteiger partial charge in [-0.05, 0) is 25.1 Å². The van der Waals surface area contributed by atoms with Crippen LogP contribution in [0.25, 0.3) is 6.08 Å². The van der Waals surface area contributed by atoms with Gasteiger partial charge in [-0.3, -0.25) is 0 Å². The third kappa shape index (κ3) is 3.05. The van der Waals surface area contributed by atoms with E-state index >= 15 is 0 Å². The third-order valence-corrected chi connectivity index (χ3v) is 2.89. The smallest absolute Gasteiger partial charge is 0.348 e. The Balaban J connectivity index is 1.98. The summed E-state index contributed by atoms with van der Waals surface area (Å²) in [6.07, 6.45) is 1.88. The number of hydrogen-bond donors (Lipinski definition) is 0. The van der Waals surface area contributed by atoms with Crippen LogP contribution in [0.5, 0.6) is 0 Å². The van der Waals surface area contributed by atoms with Gasteiger partial charge in [0.1, 0.15) is 18.1 Å². The van der Waals surface area contributed by atoms with Crippen molar-refractivity contribution in [3.8, 4) is 0 Å². The fourth-order valence-corrected chi connectivity index (χ4v) is 1.78. The molecule has 0 aliphatic carbocycles. The van der Waals surface area contributed by atoms with Gasteiger partial charge in [0.25, 0.3) is 0 Å². The van der Waals surface area contributed by atoms with Crippen molar-refractivity contribution in [2.45, 2.75) is 26.9 Å². The molecule has 5 heteroatoms. The summed E-state index contributed by atoms with van der Waals surface area (Å²) in [7, 11) is 0. The van der Waals surface area contributed by atoms with Crippen LogP contribution < -0.4 is 0 Å². The Hall–Kier alpha value is -2.04. The van der Waals surface area contributed by atoms with E-state index in [0.717, 1.165) is 5.76 Å². The number of furan rings is 1. The van der Waals surface area contributed by atoms with Crippen molar-refractivity contribution in [2.24, 2.45) is 5.41 Å². The van der Waals surface area contributed by atoms with Crippen LogP contribution in [0.4, 0.5) is 0 Å². The molecule has 1 saturated heterocycles. The first-order valence-corrected chi connectivity index (χ1v) is 6.00. The molecule has 2 heterocycles. The van der Waals surface area contributed by atoms with E-state index in [1.54, 1.807) is 12.1 Å². The fourth-order valence-electron chi connectivity index (χ4n) is 1.78. The molecule has 5 nitrogen and oxygen atoms in total. The van der Waals surface area contributed by atoms with E-state index in [9.17, 15) is 9.59 Å². The van der Waals surface area contributed by atoms with Crippen LogP contribution in [0.2, 0.25) is 0 Å². The second-order valence-electron chi connectivity index (χ2n) is 5.19. The molecule has 0 unspecified atom stereocenters. The van der Waals surface area contributed by atoms with Crippen LogP contribution in [0.1, 0.15) is 25.4 Å². The average molecular weight is 264 g/mol. The highest BCUT2D eigenvalue weighted by Gasteiger charge is 2.46. The van der Waals surface area contributed by atoms with Gasteiger partial charge in [0.2, 0.25) is 6.10 Å². The second kappa shape index (κ2) is 4.91. The van der Waals surface area contributed by atoms with Crippen molar-refractivity contribution < 1.29 is 23.5 Å². The van der Waals surface area contributed by atoms with E-state index in [1.165, 1.54) is 12.2 Å². The van der Waals surface area contributed by atoms with Gasteiger partial charge >= 0.3 is 11.9 Å². The fraction of sp³-hybridized carbons (Fsp3) is 0.429. The zero-order valence-corrected chi connectivity index (χ0v) is 11.1. The zero-order valence-electron chi connectivity index (χ0n) is 11.1. The van der Waals surface area contributed by atoms with Crippen LogP contribution >= 0.6 is 0 Å². The van der Waals surface area contributed by atoms with Crippen molar-refractivity contribution in [3.05, 3.63) is 29.7 Å². The van der Waals surface area contributed by atoms with E-state index in [4.69, 9.17) is 13.9 Å². The molecule has 102 valence electrons. The minimum absolute atomic E-state index is 0.255. The van der Waals surface area contributed by atoms with Crippen molar-refractivity contribution in [2.75, 3.05) is 6.61 Å². The molecule has 19 heavy (non-hydrogen) atoms. The molecule has 0 saturated carbocycles. The molecule has 1 aromatic heterocycles. The Morgan fingerprint density at radius 1 is 1.47 bits per heavy atom. The van der Waals surface area contributed by atoms with Gasteiger partial charge in [-0.2, -0.15) is 0 Å². The molecule has 0 N–H and O–H groups in total. The molecule has 0 spiro atoms. The number of hydrogen-bond acceptors (Lipinski definition) is 5. The highest BCUT2D eigenvalue weighted by Crippen LogP contribution is 2.31. The maximum atomic E-state index is 11.7. The van der Waals surface area contributed by atoms with Crippen molar-refractivity contribution in [1.29, 1.82) is 0 Å². The van der Waals surface area contributed by atoms with Gasteiger partial charge < -0.3 is 13.9 Å². The number of rotatable bonds is 3. The highest BCUT2D eigenvalue weighted by atomic mass is 16.6. The van der Waals surface area contributed by atoms with E-state index in [2.05, 4.69) is 0 Å². The van der Waals surface area contributed by atoms with Crippen LogP contribution in [0, 0.1) is 12.3 Å². The summed E-state index contributed by atoms with van der Waals surface area (Å²) in [6.45, 7) is 5.70. The molecule has 0 aromatic carbocycles. The molecular weight excluding hydrogens is 248 g/mol. The summed E-state index contributed by atoms with van der Waals surface area (Å²) in [4.78, 5) is 23.1. The first-order chi connectivity index (χ1) is 8.88. The first kappa shape index (κ1) is 13.4. The van der Waals surface area contributed by atoms with Gasteiger partial charge in [0.05, 0.1) is 0 Å². The summed E-state index contributed by atoms with van der Waals surface area (Å²) in [5.74, 6) is 0.225. The summed E-state index contributed by atoms with van der Waals surface area (Å²) < 4.78 is 15.3. The predicted molar refractivity (Wildman–Crippen MR) is 67.1 cm³/mol. The minimum Gasteiger partial charge on any atom is -0.462 e. The molecule has 2 rings (SSSR count). The van der Waals surface area contributed by atoms with Gasteiger partial charge in [-0.15, -0.1) is 0 Å². The van der Waals surface area contributed by atoms with E-state index in [0.29, 0.717) is 5.76 Å². The standard InChI is InChI=1S/C14H16O5/c1-9-4-5-10(18-9)6-7-11(15)19-12-13(16)17-8-14(12,2)3/h4-7,12H,8H2,1-3H3/t12-/m0/s1. The number of carbonyl (C=O) groups excluding carboxylic acids is 2. The lowest BCUT2D eigenvalue weighted by Crippen LogP contribution is -2.34. The van der Waals surface area contributed by atoms with E-state index in [-0.39, 0.29) is 6.61 Å². The van der Waals surface area contributed by atoms with E-state index < -0.39 is 23.5 Å². The lowest BCUT2D eigenvalue weighted by Gasteiger charge is -2.20. The maximum absolute atomic E-state index is 11.7. The van der Waals surface area contributed by atoms with Crippen LogP contribution in [0.15, 0.2) is 22.6 Å².